The zero-order valence-electron chi connectivity index (χ0n) is 21.2. The summed E-state index contributed by atoms with van der Waals surface area (Å²) < 4.78 is 13.9. The maximum Gasteiger partial charge on any atom is 0.325 e. The van der Waals surface area contributed by atoms with Crippen molar-refractivity contribution in [3.05, 3.63) is 64.5 Å². The molecular weight excluding hydrogens is 489 g/mol. The van der Waals surface area contributed by atoms with E-state index in [1.54, 1.807) is 29.2 Å². The molecule has 3 N–H and O–H groups in total. The van der Waals surface area contributed by atoms with E-state index in [1.165, 1.54) is 13.1 Å². The van der Waals surface area contributed by atoms with Gasteiger partial charge in [-0.1, -0.05) is 12.1 Å². The highest BCUT2D eigenvalue weighted by Crippen LogP contribution is 2.43. The molecule has 2 atom stereocenters. The van der Waals surface area contributed by atoms with Gasteiger partial charge in [-0.2, -0.15) is 0 Å². The van der Waals surface area contributed by atoms with Crippen molar-refractivity contribution < 1.29 is 23.6 Å². The number of nitrogens with one attached hydrogen (secondary N) is 3. The average Bonchev–Trinajstić information content (AvgIpc) is 3.66. The van der Waals surface area contributed by atoms with E-state index in [9.17, 15) is 23.6 Å². The highest BCUT2D eigenvalue weighted by atomic mass is 19.1. The Hall–Kier alpha value is -3.95. The Morgan fingerprint density at radius 1 is 1.05 bits per heavy atom. The molecule has 2 aromatic rings. The van der Waals surface area contributed by atoms with Crippen molar-refractivity contribution in [1.82, 2.24) is 20.4 Å². The van der Waals surface area contributed by atoms with Crippen molar-refractivity contribution in [2.75, 3.05) is 18.9 Å². The van der Waals surface area contributed by atoms with Gasteiger partial charge in [-0.05, 0) is 91.0 Å². The lowest BCUT2D eigenvalue weighted by molar-refractivity contribution is -0.141. The van der Waals surface area contributed by atoms with Gasteiger partial charge < -0.3 is 20.9 Å². The van der Waals surface area contributed by atoms with Gasteiger partial charge in [0, 0.05) is 25.3 Å². The third kappa shape index (κ3) is 4.08. The highest BCUT2D eigenvalue weighted by Gasteiger charge is 2.56. The van der Waals surface area contributed by atoms with Gasteiger partial charge in [0.2, 0.25) is 5.91 Å². The summed E-state index contributed by atoms with van der Waals surface area (Å²) in [4.78, 5) is 55.0. The Kier molecular flexibility index (Phi) is 5.85. The molecule has 2 aliphatic heterocycles. The number of aryl methyl sites for hydroxylation is 2. The Bertz CT molecular complexity index is 1360. The molecule has 198 valence electrons. The first-order valence-corrected chi connectivity index (χ1v) is 13.1. The van der Waals surface area contributed by atoms with Crippen LogP contribution in [0.1, 0.15) is 47.9 Å². The lowest BCUT2D eigenvalue weighted by Crippen LogP contribution is -2.48. The second-order valence-corrected chi connectivity index (χ2v) is 10.7. The van der Waals surface area contributed by atoms with Crippen LogP contribution in [0.25, 0.3) is 0 Å². The second-order valence-electron chi connectivity index (χ2n) is 10.7. The van der Waals surface area contributed by atoms with Crippen LogP contribution < -0.4 is 16.0 Å². The Labute approximate surface area is 219 Å². The van der Waals surface area contributed by atoms with Gasteiger partial charge >= 0.3 is 12.1 Å². The van der Waals surface area contributed by atoms with E-state index >= 15 is 0 Å². The van der Waals surface area contributed by atoms with Crippen LogP contribution >= 0.6 is 0 Å². The van der Waals surface area contributed by atoms with Crippen LogP contribution in [0.3, 0.4) is 0 Å². The predicted molar refractivity (Wildman–Crippen MR) is 137 cm³/mol. The summed E-state index contributed by atoms with van der Waals surface area (Å²) in [6.07, 6.45) is 4.44. The quantitative estimate of drug-likeness (QED) is 0.540. The molecule has 10 heteroatoms. The molecule has 1 saturated carbocycles. The van der Waals surface area contributed by atoms with E-state index in [2.05, 4.69) is 16.0 Å². The van der Waals surface area contributed by atoms with Gasteiger partial charge in [0.15, 0.2) is 0 Å². The van der Waals surface area contributed by atoms with E-state index in [0.717, 1.165) is 40.9 Å². The number of carbonyl (C=O) groups excluding carboxylic acids is 4. The summed E-state index contributed by atoms with van der Waals surface area (Å²) >= 11 is 0. The first-order chi connectivity index (χ1) is 18.3. The topological polar surface area (TPSA) is 111 Å². The number of anilines is 1. The number of imide groups is 1. The SMILES string of the molecule is CNC(=O)Nc1ccc2c(c1)CC[C@]21NC(=O)N(CC(=O)N2Cc3ccc(F)cc3CCC2C2CC2)C1=O. The van der Waals surface area contributed by atoms with Crippen LogP contribution in [0.4, 0.5) is 19.7 Å². The van der Waals surface area contributed by atoms with Crippen molar-refractivity contribution >= 4 is 29.6 Å². The maximum absolute atomic E-state index is 13.9. The first kappa shape index (κ1) is 24.4. The number of halogens is 1. The van der Waals surface area contributed by atoms with E-state index in [4.69, 9.17) is 0 Å². The van der Waals surface area contributed by atoms with Gasteiger partial charge in [-0.3, -0.25) is 14.5 Å². The summed E-state index contributed by atoms with van der Waals surface area (Å²) in [5.74, 6) is -0.596. The zero-order chi connectivity index (χ0) is 26.6. The number of fused-ring (bicyclic) bond motifs is 3. The maximum atomic E-state index is 13.9. The molecule has 0 bridgehead atoms. The Balaban J connectivity index is 1.23. The number of benzene rings is 2. The van der Waals surface area contributed by atoms with E-state index in [-0.39, 0.29) is 30.3 Å². The molecule has 4 aliphatic rings. The number of hydrogen-bond acceptors (Lipinski definition) is 4. The van der Waals surface area contributed by atoms with Gasteiger partial charge in [0.05, 0.1) is 0 Å². The van der Waals surface area contributed by atoms with E-state index in [1.807, 2.05) is 6.07 Å². The smallest absolute Gasteiger partial charge is 0.325 e. The number of carbonyl (C=O) groups is 4. The van der Waals surface area contributed by atoms with Gasteiger partial charge in [-0.25, -0.2) is 14.0 Å². The number of nitrogens with zero attached hydrogens (tertiary/aromatic N) is 2. The van der Waals surface area contributed by atoms with Crippen LogP contribution in [0, 0.1) is 11.7 Å². The Morgan fingerprint density at radius 2 is 1.87 bits per heavy atom. The fourth-order valence-corrected chi connectivity index (χ4v) is 6.28. The zero-order valence-corrected chi connectivity index (χ0v) is 21.2. The third-order valence-corrected chi connectivity index (χ3v) is 8.39. The highest BCUT2D eigenvalue weighted by molar-refractivity contribution is 6.10. The lowest BCUT2D eigenvalue weighted by atomic mass is 9.91. The van der Waals surface area contributed by atoms with Crippen molar-refractivity contribution in [3.8, 4) is 0 Å². The van der Waals surface area contributed by atoms with Gasteiger partial charge in [-0.15, -0.1) is 0 Å². The summed E-state index contributed by atoms with van der Waals surface area (Å²) in [6.45, 7) is 0.00611. The fourth-order valence-electron chi connectivity index (χ4n) is 6.28. The number of amides is 6. The molecule has 2 fully saturated rings. The molecule has 1 unspecified atom stereocenters. The molecule has 0 aromatic heterocycles. The van der Waals surface area contributed by atoms with Crippen LogP contribution in [0.15, 0.2) is 36.4 Å². The van der Waals surface area contributed by atoms with Crippen molar-refractivity contribution in [3.63, 3.8) is 0 Å². The second kappa shape index (κ2) is 9.11. The molecule has 1 spiro atoms. The monoisotopic (exact) mass is 519 g/mol. The van der Waals surface area contributed by atoms with Crippen LogP contribution in [-0.4, -0.2) is 53.3 Å². The van der Waals surface area contributed by atoms with Crippen molar-refractivity contribution in [1.29, 1.82) is 0 Å². The molecule has 9 nitrogen and oxygen atoms in total. The number of urea groups is 2. The summed E-state index contributed by atoms with van der Waals surface area (Å²) in [7, 11) is 1.53. The molecular formula is C28H30FN5O4. The molecule has 1 saturated heterocycles. The molecule has 6 rings (SSSR count). The largest absolute Gasteiger partial charge is 0.341 e. The first-order valence-electron chi connectivity index (χ1n) is 13.1. The predicted octanol–water partition coefficient (Wildman–Crippen LogP) is 3.02. The lowest BCUT2D eigenvalue weighted by Gasteiger charge is -2.31. The number of rotatable bonds is 4. The minimum Gasteiger partial charge on any atom is -0.341 e. The molecule has 2 aliphatic carbocycles. The van der Waals surface area contributed by atoms with Gasteiger partial charge in [0.25, 0.3) is 5.91 Å². The Morgan fingerprint density at radius 3 is 2.63 bits per heavy atom. The van der Waals surface area contributed by atoms with Crippen LogP contribution in [0.5, 0.6) is 0 Å². The third-order valence-electron chi connectivity index (χ3n) is 8.39. The summed E-state index contributed by atoms with van der Waals surface area (Å²) in [5.41, 5.74) is 2.75. The fraction of sp³-hybridized carbons (Fsp3) is 0.429. The van der Waals surface area contributed by atoms with E-state index in [0.29, 0.717) is 43.0 Å². The van der Waals surface area contributed by atoms with Crippen molar-refractivity contribution in [2.24, 2.45) is 5.92 Å². The molecule has 2 aromatic carbocycles. The number of hydrogen-bond donors (Lipinski definition) is 3. The normalized spacial score (nSPS) is 24.1. The molecule has 38 heavy (non-hydrogen) atoms. The summed E-state index contributed by atoms with van der Waals surface area (Å²) in [6, 6.07) is 9.02. The standard InChI is InChI=1S/C28H30FN5O4/c1-30-26(37)31-21-7-8-22-18(13-21)10-11-28(22)25(36)34(27(38)32-28)15-24(35)33-14-19-4-6-20(29)12-17(19)5-9-23(33)16-2-3-16/h4,6-8,12-13,16,23H,2-3,5,9-11,14-15H2,1H3,(H,32,38)(H2,30,31,37)/t23?,28-/m0/s1. The van der Waals surface area contributed by atoms with Crippen LogP contribution in [-0.2, 0) is 34.5 Å². The van der Waals surface area contributed by atoms with Crippen LogP contribution in [0.2, 0.25) is 0 Å². The summed E-state index contributed by atoms with van der Waals surface area (Å²) in [5, 5.41) is 8.09. The molecule has 2 heterocycles. The van der Waals surface area contributed by atoms with Crippen molar-refractivity contribution in [2.45, 2.75) is 56.7 Å². The minimum absolute atomic E-state index is 0.00568. The minimum atomic E-state index is -1.21. The van der Waals surface area contributed by atoms with Gasteiger partial charge in [0.1, 0.15) is 17.9 Å². The average molecular weight is 520 g/mol. The van der Waals surface area contributed by atoms with E-state index < -0.39 is 17.5 Å². The molecule has 6 amide bonds. The molecule has 0 radical (unpaired) electrons.